The van der Waals surface area contributed by atoms with E-state index in [2.05, 4.69) is 24.1 Å². The van der Waals surface area contributed by atoms with E-state index in [1.54, 1.807) is 6.07 Å². The standard InChI is InChI=1S/C15H23N3O/c1-11(2)18(9-12-7-8-12)10-15(19)17-14-6-4-3-5-13(14)16/h3-6,11-12H,7-10,16H2,1-2H3,(H,17,19). The highest BCUT2D eigenvalue weighted by atomic mass is 16.2. The highest BCUT2D eigenvalue weighted by Crippen LogP contribution is 2.30. The van der Waals surface area contributed by atoms with Gasteiger partial charge in [0.2, 0.25) is 5.91 Å². The fourth-order valence-corrected chi connectivity index (χ4v) is 2.08. The minimum atomic E-state index is 0.00671. The number of benzene rings is 1. The molecule has 0 aliphatic heterocycles. The van der Waals surface area contributed by atoms with Crippen LogP contribution in [-0.2, 0) is 4.79 Å². The molecular weight excluding hydrogens is 238 g/mol. The fourth-order valence-electron chi connectivity index (χ4n) is 2.08. The second-order valence-electron chi connectivity index (χ2n) is 5.60. The molecule has 3 N–H and O–H groups in total. The van der Waals surface area contributed by atoms with E-state index in [0.717, 1.165) is 12.5 Å². The zero-order chi connectivity index (χ0) is 13.8. The second kappa shape index (κ2) is 6.06. The number of rotatable bonds is 6. The van der Waals surface area contributed by atoms with E-state index in [4.69, 9.17) is 5.73 Å². The molecule has 0 radical (unpaired) electrons. The van der Waals surface area contributed by atoms with Crippen LogP contribution in [0.4, 0.5) is 11.4 Å². The lowest BCUT2D eigenvalue weighted by atomic mass is 10.2. The van der Waals surface area contributed by atoms with E-state index in [1.165, 1.54) is 12.8 Å². The van der Waals surface area contributed by atoms with Crippen LogP contribution in [0, 0.1) is 5.92 Å². The number of nitrogens with two attached hydrogens (primary N) is 1. The molecule has 104 valence electrons. The van der Waals surface area contributed by atoms with Gasteiger partial charge < -0.3 is 11.1 Å². The molecule has 4 nitrogen and oxygen atoms in total. The van der Waals surface area contributed by atoms with Crippen LogP contribution in [0.3, 0.4) is 0 Å². The van der Waals surface area contributed by atoms with E-state index in [9.17, 15) is 4.79 Å². The van der Waals surface area contributed by atoms with Gasteiger partial charge in [-0.25, -0.2) is 0 Å². The first-order valence-corrected chi connectivity index (χ1v) is 6.94. The molecule has 0 bridgehead atoms. The van der Waals surface area contributed by atoms with Crippen molar-refractivity contribution >= 4 is 17.3 Å². The summed E-state index contributed by atoms with van der Waals surface area (Å²) < 4.78 is 0. The molecule has 1 amide bonds. The van der Waals surface area contributed by atoms with Crippen molar-refractivity contribution in [3.63, 3.8) is 0 Å². The van der Waals surface area contributed by atoms with Crippen LogP contribution in [-0.4, -0.2) is 29.9 Å². The second-order valence-corrected chi connectivity index (χ2v) is 5.60. The third-order valence-corrected chi connectivity index (χ3v) is 3.50. The molecular formula is C15H23N3O. The molecule has 0 saturated heterocycles. The normalized spacial score (nSPS) is 14.9. The molecule has 1 aliphatic rings. The van der Waals surface area contributed by atoms with Gasteiger partial charge in [-0.3, -0.25) is 9.69 Å². The van der Waals surface area contributed by atoms with Gasteiger partial charge in [-0.05, 0) is 44.7 Å². The van der Waals surface area contributed by atoms with Crippen LogP contribution in [0.1, 0.15) is 26.7 Å². The number of para-hydroxylation sites is 2. The van der Waals surface area contributed by atoms with Crippen LogP contribution in [0.5, 0.6) is 0 Å². The number of carbonyl (C=O) groups excluding carboxylic acids is 1. The molecule has 1 aromatic rings. The molecule has 2 rings (SSSR count). The number of nitrogens with zero attached hydrogens (tertiary/aromatic N) is 1. The summed E-state index contributed by atoms with van der Waals surface area (Å²) in [4.78, 5) is 14.3. The van der Waals surface area contributed by atoms with Crippen molar-refractivity contribution in [1.82, 2.24) is 4.90 Å². The zero-order valence-electron chi connectivity index (χ0n) is 11.7. The van der Waals surface area contributed by atoms with E-state index in [-0.39, 0.29) is 5.91 Å². The fraction of sp³-hybridized carbons (Fsp3) is 0.533. The summed E-state index contributed by atoms with van der Waals surface area (Å²) in [5, 5.41) is 2.88. The number of nitrogens with one attached hydrogen (secondary N) is 1. The number of amides is 1. The molecule has 0 unspecified atom stereocenters. The first-order valence-electron chi connectivity index (χ1n) is 6.94. The van der Waals surface area contributed by atoms with Crippen LogP contribution in [0.15, 0.2) is 24.3 Å². The number of nitrogen functional groups attached to an aromatic ring is 1. The number of hydrogen-bond donors (Lipinski definition) is 2. The summed E-state index contributed by atoms with van der Waals surface area (Å²) in [7, 11) is 0. The quantitative estimate of drug-likeness (QED) is 0.773. The highest BCUT2D eigenvalue weighted by Gasteiger charge is 2.26. The summed E-state index contributed by atoms with van der Waals surface area (Å²) in [6, 6.07) is 7.74. The summed E-state index contributed by atoms with van der Waals surface area (Å²) in [5.41, 5.74) is 7.12. The van der Waals surface area contributed by atoms with Gasteiger partial charge >= 0.3 is 0 Å². The van der Waals surface area contributed by atoms with Crippen LogP contribution in [0.2, 0.25) is 0 Å². The van der Waals surface area contributed by atoms with Crippen LogP contribution >= 0.6 is 0 Å². The lowest BCUT2D eigenvalue weighted by Crippen LogP contribution is -2.39. The Bertz CT molecular complexity index is 441. The van der Waals surface area contributed by atoms with Gasteiger partial charge in [0, 0.05) is 12.6 Å². The average molecular weight is 261 g/mol. The topological polar surface area (TPSA) is 58.4 Å². The Morgan fingerprint density at radius 3 is 2.68 bits per heavy atom. The van der Waals surface area contributed by atoms with E-state index >= 15 is 0 Å². The number of carbonyl (C=O) groups is 1. The Kier molecular flexibility index (Phi) is 4.43. The summed E-state index contributed by atoms with van der Waals surface area (Å²) in [5.74, 6) is 0.796. The smallest absolute Gasteiger partial charge is 0.238 e. The number of anilines is 2. The average Bonchev–Trinajstić information content (AvgIpc) is 3.15. The summed E-state index contributed by atoms with van der Waals surface area (Å²) in [6.45, 7) is 5.72. The minimum absolute atomic E-state index is 0.00671. The summed E-state index contributed by atoms with van der Waals surface area (Å²) in [6.07, 6.45) is 2.60. The maximum absolute atomic E-state index is 12.1. The SMILES string of the molecule is CC(C)N(CC(=O)Nc1ccccc1N)CC1CC1. The Labute approximate surface area is 115 Å². The maximum atomic E-state index is 12.1. The molecule has 1 fully saturated rings. The van der Waals surface area contributed by atoms with Crippen molar-refractivity contribution in [2.24, 2.45) is 5.92 Å². The lowest BCUT2D eigenvalue weighted by Gasteiger charge is -2.25. The Morgan fingerprint density at radius 1 is 1.42 bits per heavy atom. The molecule has 0 aromatic heterocycles. The highest BCUT2D eigenvalue weighted by molar-refractivity contribution is 5.95. The molecule has 0 heterocycles. The molecule has 4 heteroatoms. The van der Waals surface area contributed by atoms with Crippen molar-refractivity contribution < 1.29 is 4.79 Å². The maximum Gasteiger partial charge on any atom is 0.238 e. The molecule has 1 aliphatic carbocycles. The monoisotopic (exact) mass is 261 g/mol. The first-order chi connectivity index (χ1) is 9.06. The van der Waals surface area contributed by atoms with E-state index in [0.29, 0.717) is 24.0 Å². The minimum Gasteiger partial charge on any atom is -0.397 e. The van der Waals surface area contributed by atoms with Crippen molar-refractivity contribution in [1.29, 1.82) is 0 Å². The van der Waals surface area contributed by atoms with E-state index < -0.39 is 0 Å². The van der Waals surface area contributed by atoms with Gasteiger partial charge in [-0.15, -0.1) is 0 Å². The van der Waals surface area contributed by atoms with Crippen LogP contribution in [0.25, 0.3) is 0 Å². The van der Waals surface area contributed by atoms with Gasteiger partial charge in [0.05, 0.1) is 17.9 Å². The van der Waals surface area contributed by atoms with Gasteiger partial charge in [-0.2, -0.15) is 0 Å². The molecule has 19 heavy (non-hydrogen) atoms. The Balaban J connectivity index is 1.90. The summed E-state index contributed by atoms with van der Waals surface area (Å²) >= 11 is 0. The predicted octanol–water partition coefficient (Wildman–Crippen LogP) is 2.33. The van der Waals surface area contributed by atoms with Gasteiger partial charge in [0.15, 0.2) is 0 Å². The van der Waals surface area contributed by atoms with Crippen molar-refractivity contribution in [2.75, 3.05) is 24.1 Å². The predicted molar refractivity (Wildman–Crippen MR) is 78.9 cm³/mol. The number of hydrogen-bond acceptors (Lipinski definition) is 3. The molecule has 0 spiro atoms. The molecule has 1 aromatic carbocycles. The third kappa shape index (κ3) is 4.24. The van der Waals surface area contributed by atoms with Gasteiger partial charge in [0.25, 0.3) is 0 Å². The zero-order valence-corrected chi connectivity index (χ0v) is 11.7. The van der Waals surface area contributed by atoms with E-state index in [1.807, 2.05) is 18.2 Å². The molecule has 1 saturated carbocycles. The largest absolute Gasteiger partial charge is 0.397 e. The Morgan fingerprint density at radius 2 is 2.11 bits per heavy atom. The van der Waals surface area contributed by atoms with Crippen molar-refractivity contribution in [3.05, 3.63) is 24.3 Å². The van der Waals surface area contributed by atoms with Crippen molar-refractivity contribution in [3.8, 4) is 0 Å². The van der Waals surface area contributed by atoms with Gasteiger partial charge in [-0.1, -0.05) is 12.1 Å². The Hall–Kier alpha value is -1.55. The third-order valence-electron chi connectivity index (χ3n) is 3.50. The van der Waals surface area contributed by atoms with Crippen molar-refractivity contribution in [2.45, 2.75) is 32.7 Å². The first kappa shape index (κ1) is 13.9. The molecule has 0 atom stereocenters. The van der Waals surface area contributed by atoms with Crippen LogP contribution < -0.4 is 11.1 Å². The van der Waals surface area contributed by atoms with Gasteiger partial charge in [0.1, 0.15) is 0 Å². The lowest BCUT2D eigenvalue weighted by molar-refractivity contribution is -0.117.